The van der Waals surface area contributed by atoms with Crippen molar-refractivity contribution in [3.63, 3.8) is 0 Å². The van der Waals surface area contributed by atoms with Gasteiger partial charge in [0, 0.05) is 17.9 Å². The van der Waals surface area contributed by atoms with Gasteiger partial charge >= 0.3 is 0 Å². The van der Waals surface area contributed by atoms with Gasteiger partial charge in [-0.15, -0.1) is 0 Å². The Morgan fingerprint density at radius 2 is 1.68 bits per heavy atom. The van der Waals surface area contributed by atoms with Crippen molar-refractivity contribution < 1.29 is 0 Å². The quantitative estimate of drug-likeness (QED) is 0.310. The van der Waals surface area contributed by atoms with E-state index in [9.17, 15) is 0 Å². The first-order valence-electron chi connectivity index (χ1n) is 10.3. The average molecular weight is 345 g/mol. The molecule has 0 amide bonds. The molecule has 1 aliphatic rings. The molecule has 2 nitrogen and oxygen atoms in total. The van der Waals surface area contributed by atoms with E-state index in [0.717, 1.165) is 38.9 Å². The molecular formula is C23H40N2. The lowest BCUT2D eigenvalue weighted by molar-refractivity contribution is 0.434. The van der Waals surface area contributed by atoms with Crippen LogP contribution in [0.3, 0.4) is 0 Å². The standard InChI is InChI=1S/C23H40N2/c1-6-12-22(8-3)23(13-7-2)14-11-18-24-17-9-10-19-25-20(4)15-16-21(25)5/h8,13,24H,4-7,9-12,14-19H2,1-3H3/b22-8-,23-13-. The molecule has 1 aliphatic heterocycles. The van der Waals surface area contributed by atoms with Gasteiger partial charge in [-0.25, -0.2) is 0 Å². The Bertz CT molecular complexity index is 454. The van der Waals surface area contributed by atoms with Crippen LogP contribution in [0, 0.1) is 0 Å². The van der Waals surface area contributed by atoms with Crippen LogP contribution in [0.4, 0.5) is 0 Å². The van der Waals surface area contributed by atoms with Crippen LogP contribution in [0.25, 0.3) is 0 Å². The van der Waals surface area contributed by atoms with Gasteiger partial charge in [0.25, 0.3) is 0 Å². The van der Waals surface area contributed by atoms with Crippen molar-refractivity contribution in [2.45, 2.75) is 78.6 Å². The van der Waals surface area contributed by atoms with E-state index in [0.29, 0.717) is 0 Å². The molecule has 1 heterocycles. The highest BCUT2D eigenvalue weighted by Crippen LogP contribution is 2.27. The summed E-state index contributed by atoms with van der Waals surface area (Å²) in [6.45, 7) is 18.3. The SMILES string of the molecule is C=C1CCC(=C)N1CCCCNCCCC(=C/CC)/C(=C\C)CCC. The Balaban J connectivity index is 2.13. The summed E-state index contributed by atoms with van der Waals surface area (Å²) in [5.41, 5.74) is 5.62. The van der Waals surface area contributed by atoms with Gasteiger partial charge in [0.2, 0.25) is 0 Å². The van der Waals surface area contributed by atoms with Crippen molar-refractivity contribution in [1.29, 1.82) is 0 Å². The Kier molecular flexibility index (Phi) is 11.3. The molecule has 1 N–H and O–H groups in total. The first kappa shape index (κ1) is 21.8. The minimum atomic E-state index is 1.09. The average Bonchev–Trinajstić information content (AvgIpc) is 2.92. The van der Waals surface area contributed by atoms with Crippen LogP contribution in [0.2, 0.25) is 0 Å². The van der Waals surface area contributed by atoms with Crippen LogP contribution < -0.4 is 5.32 Å². The maximum absolute atomic E-state index is 4.13. The molecule has 0 atom stereocenters. The molecular weight excluding hydrogens is 304 g/mol. The van der Waals surface area contributed by atoms with Gasteiger partial charge in [0.15, 0.2) is 0 Å². The molecule has 0 aromatic carbocycles. The lowest BCUT2D eigenvalue weighted by Crippen LogP contribution is -2.20. The fourth-order valence-corrected chi connectivity index (χ4v) is 3.55. The Morgan fingerprint density at radius 3 is 2.28 bits per heavy atom. The van der Waals surface area contributed by atoms with Crippen LogP contribution in [-0.4, -0.2) is 24.5 Å². The van der Waals surface area contributed by atoms with Crippen LogP contribution in [0.1, 0.15) is 78.6 Å². The van der Waals surface area contributed by atoms with Gasteiger partial charge in [-0.1, -0.05) is 45.6 Å². The van der Waals surface area contributed by atoms with Crippen molar-refractivity contribution in [2.75, 3.05) is 19.6 Å². The minimum absolute atomic E-state index is 1.09. The molecule has 0 aliphatic carbocycles. The van der Waals surface area contributed by atoms with Gasteiger partial charge in [-0.2, -0.15) is 0 Å². The van der Waals surface area contributed by atoms with Crippen LogP contribution >= 0.6 is 0 Å². The second-order valence-corrected chi connectivity index (χ2v) is 7.05. The maximum Gasteiger partial charge on any atom is 0.0224 e. The fourth-order valence-electron chi connectivity index (χ4n) is 3.55. The monoisotopic (exact) mass is 344 g/mol. The van der Waals surface area contributed by atoms with Crippen LogP contribution in [-0.2, 0) is 0 Å². The van der Waals surface area contributed by atoms with Crippen molar-refractivity contribution in [3.8, 4) is 0 Å². The van der Waals surface area contributed by atoms with E-state index in [1.165, 1.54) is 49.9 Å². The van der Waals surface area contributed by atoms with E-state index in [2.05, 4.69) is 56.3 Å². The highest BCUT2D eigenvalue weighted by Gasteiger charge is 2.17. The van der Waals surface area contributed by atoms with E-state index in [4.69, 9.17) is 0 Å². The smallest absolute Gasteiger partial charge is 0.0224 e. The zero-order valence-corrected chi connectivity index (χ0v) is 17.0. The summed E-state index contributed by atoms with van der Waals surface area (Å²) in [6.07, 6.45) is 15.4. The number of allylic oxidation sites excluding steroid dienone is 6. The Labute approximate surface area is 156 Å². The fraction of sp³-hybridized carbons (Fsp3) is 0.652. The summed E-state index contributed by atoms with van der Waals surface area (Å²) in [7, 11) is 0. The highest BCUT2D eigenvalue weighted by atomic mass is 15.2. The summed E-state index contributed by atoms with van der Waals surface area (Å²) >= 11 is 0. The topological polar surface area (TPSA) is 15.3 Å². The van der Waals surface area contributed by atoms with Gasteiger partial charge in [-0.3, -0.25) is 0 Å². The second kappa shape index (κ2) is 13.0. The molecule has 0 bridgehead atoms. The van der Waals surface area contributed by atoms with E-state index >= 15 is 0 Å². The van der Waals surface area contributed by atoms with Crippen LogP contribution in [0.5, 0.6) is 0 Å². The molecule has 0 spiro atoms. The van der Waals surface area contributed by atoms with E-state index in [1.54, 1.807) is 11.1 Å². The number of unbranched alkanes of at least 4 members (excludes halogenated alkanes) is 1. The number of hydrogen-bond acceptors (Lipinski definition) is 2. The first-order chi connectivity index (χ1) is 12.1. The van der Waals surface area contributed by atoms with Crippen LogP contribution in [0.15, 0.2) is 47.9 Å². The number of hydrogen-bond donors (Lipinski definition) is 1. The lowest BCUT2D eigenvalue weighted by atomic mass is 9.96. The third-order valence-electron chi connectivity index (χ3n) is 4.98. The summed E-state index contributed by atoms with van der Waals surface area (Å²) in [5.74, 6) is 0. The third-order valence-corrected chi connectivity index (χ3v) is 4.98. The van der Waals surface area contributed by atoms with Crippen molar-refractivity contribution in [3.05, 3.63) is 47.9 Å². The first-order valence-corrected chi connectivity index (χ1v) is 10.3. The normalized spacial score (nSPS) is 16.2. The summed E-state index contributed by atoms with van der Waals surface area (Å²) in [4.78, 5) is 2.31. The van der Waals surface area contributed by atoms with Crippen molar-refractivity contribution in [1.82, 2.24) is 10.2 Å². The zero-order valence-electron chi connectivity index (χ0n) is 17.0. The minimum Gasteiger partial charge on any atom is -0.350 e. The predicted octanol–water partition coefficient (Wildman–Crippen LogP) is 6.34. The number of rotatable bonds is 13. The molecule has 1 fully saturated rings. The van der Waals surface area contributed by atoms with Crippen molar-refractivity contribution in [2.24, 2.45) is 0 Å². The van der Waals surface area contributed by atoms with Gasteiger partial charge < -0.3 is 10.2 Å². The second-order valence-electron chi connectivity index (χ2n) is 7.05. The number of likely N-dealkylation sites (tertiary alicyclic amines) is 1. The molecule has 0 radical (unpaired) electrons. The molecule has 0 unspecified atom stereocenters. The van der Waals surface area contributed by atoms with E-state index in [-0.39, 0.29) is 0 Å². The van der Waals surface area contributed by atoms with E-state index in [1.807, 2.05) is 0 Å². The largest absolute Gasteiger partial charge is 0.350 e. The summed E-state index contributed by atoms with van der Waals surface area (Å²) in [5, 5.41) is 3.61. The Morgan fingerprint density at radius 1 is 1.00 bits per heavy atom. The molecule has 1 saturated heterocycles. The number of nitrogens with one attached hydrogen (secondary N) is 1. The molecule has 142 valence electrons. The van der Waals surface area contributed by atoms with Gasteiger partial charge in [0.1, 0.15) is 0 Å². The zero-order chi connectivity index (χ0) is 18.5. The highest BCUT2D eigenvalue weighted by molar-refractivity contribution is 5.30. The maximum atomic E-state index is 4.13. The van der Waals surface area contributed by atoms with Gasteiger partial charge in [-0.05, 0) is 82.5 Å². The molecule has 1 rings (SSSR count). The Hall–Kier alpha value is -1.28. The third kappa shape index (κ3) is 8.09. The van der Waals surface area contributed by atoms with Gasteiger partial charge in [0.05, 0.1) is 0 Å². The molecule has 0 aromatic rings. The summed E-state index contributed by atoms with van der Waals surface area (Å²) in [6, 6.07) is 0. The lowest BCUT2D eigenvalue weighted by Gasteiger charge is -2.20. The molecule has 0 aromatic heterocycles. The molecule has 0 saturated carbocycles. The molecule has 2 heteroatoms. The summed E-state index contributed by atoms with van der Waals surface area (Å²) < 4.78 is 0. The molecule has 25 heavy (non-hydrogen) atoms. The predicted molar refractivity (Wildman–Crippen MR) is 113 cm³/mol. The van der Waals surface area contributed by atoms with E-state index < -0.39 is 0 Å². The number of nitrogens with zero attached hydrogens (tertiary/aromatic N) is 1. The van der Waals surface area contributed by atoms with Crippen molar-refractivity contribution >= 4 is 0 Å².